The molecule has 0 fully saturated rings. The molecule has 0 saturated heterocycles. The number of phenols is 1. The van der Waals surface area contributed by atoms with Crippen molar-refractivity contribution in [3.05, 3.63) is 72.8 Å². The lowest BCUT2D eigenvalue weighted by atomic mass is 10.1. The minimum absolute atomic E-state index is 0.147. The number of benzene rings is 4. The zero-order chi connectivity index (χ0) is 17.8. The molecule has 0 heterocycles. The molecule has 0 atom stereocenters. The van der Waals surface area contributed by atoms with Crippen LogP contribution in [0.1, 0.15) is 0 Å². The quantitative estimate of drug-likeness (QED) is 0.352. The van der Waals surface area contributed by atoms with E-state index in [1.54, 1.807) is 19.2 Å². The van der Waals surface area contributed by atoms with Gasteiger partial charge in [-0.05, 0) is 45.8 Å². The summed E-state index contributed by atoms with van der Waals surface area (Å²) in [6.07, 6.45) is 0. The molecule has 25 heavy (non-hydrogen) atoms. The summed E-state index contributed by atoms with van der Waals surface area (Å²) in [4.78, 5) is 0. The number of methoxy groups -OCH3 is 1. The first kappa shape index (κ1) is 16.5. The fourth-order valence-electron chi connectivity index (χ4n) is 2.66. The highest BCUT2D eigenvalue weighted by Gasteiger charge is 2.00. The summed E-state index contributed by atoms with van der Waals surface area (Å²) < 4.78 is 5.13. The first-order valence-corrected chi connectivity index (χ1v) is 7.88. The van der Waals surface area contributed by atoms with Crippen LogP contribution < -0.4 is 16.2 Å². The highest BCUT2D eigenvalue weighted by Crippen LogP contribution is 2.27. The molecule has 4 nitrogen and oxygen atoms in total. The van der Waals surface area contributed by atoms with Gasteiger partial charge >= 0.3 is 0 Å². The monoisotopic (exact) mass is 332 g/mol. The molecule has 126 valence electrons. The Hall–Kier alpha value is -3.40. The molecule has 0 aliphatic heterocycles. The van der Waals surface area contributed by atoms with Crippen molar-refractivity contribution in [2.45, 2.75) is 0 Å². The minimum atomic E-state index is 0.147. The van der Waals surface area contributed by atoms with E-state index in [-0.39, 0.29) is 5.75 Å². The van der Waals surface area contributed by atoms with E-state index in [4.69, 9.17) is 16.2 Å². The van der Waals surface area contributed by atoms with Gasteiger partial charge in [0, 0.05) is 0 Å². The molecule has 4 heteroatoms. The molecular formula is C21H20N2O2. The second kappa shape index (κ2) is 7.01. The van der Waals surface area contributed by atoms with Crippen LogP contribution in [-0.2, 0) is 0 Å². The van der Waals surface area contributed by atoms with Gasteiger partial charge in [-0.1, -0.05) is 48.5 Å². The van der Waals surface area contributed by atoms with E-state index in [1.165, 1.54) is 0 Å². The average Bonchev–Trinajstić information content (AvgIpc) is 2.62. The summed E-state index contributed by atoms with van der Waals surface area (Å²) in [5.74, 6) is 0.882. The first-order chi connectivity index (χ1) is 12.1. The first-order valence-electron chi connectivity index (χ1n) is 7.88. The number of hydrogen-bond acceptors (Lipinski definition) is 4. The van der Waals surface area contributed by atoms with Crippen LogP contribution in [0.25, 0.3) is 21.5 Å². The van der Waals surface area contributed by atoms with Crippen molar-refractivity contribution in [1.29, 1.82) is 0 Å². The zero-order valence-electron chi connectivity index (χ0n) is 13.9. The number of ether oxygens (including phenoxy) is 1. The Morgan fingerprint density at radius 1 is 0.680 bits per heavy atom. The Balaban J connectivity index is 0.000000146. The van der Waals surface area contributed by atoms with Crippen molar-refractivity contribution in [3.8, 4) is 11.5 Å². The minimum Gasteiger partial charge on any atom is -0.506 e. The van der Waals surface area contributed by atoms with Gasteiger partial charge in [-0.25, -0.2) is 0 Å². The summed E-state index contributed by atoms with van der Waals surface area (Å²) in [6.45, 7) is 0. The summed E-state index contributed by atoms with van der Waals surface area (Å²) in [7, 11) is 1.63. The molecule has 0 saturated carbocycles. The molecule has 0 aliphatic rings. The predicted molar refractivity (Wildman–Crippen MR) is 105 cm³/mol. The Bertz CT molecular complexity index is 988. The van der Waals surface area contributed by atoms with Crippen LogP contribution in [0, 0.1) is 0 Å². The topological polar surface area (TPSA) is 81.5 Å². The van der Waals surface area contributed by atoms with Crippen LogP contribution in [0.2, 0.25) is 0 Å². The predicted octanol–water partition coefficient (Wildman–Crippen LogP) is 4.56. The number of nitrogens with two attached hydrogens (primary N) is 2. The maximum Gasteiger partial charge on any atom is 0.142 e. The van der Waals surface area contributed by atoms with Gasteiger partial charge in [-0.15, -0.1) is 0 Å². The largest absolute Gasteiger partial charge is 0.506 e. The summed E-state index contributed by atoms with van der Waals surface area (Å²) in [5, 5.41) is 13.6. The summed E-state index contributed by atoms with van der Waals surface area (Å²) >= 11 is 0. The summed E-state index contributed by atoms with van der Waals surface area (Å²) in [6, 6.07) is 23.2. The number of rotatable bonds is 1. The number of hydrogen-bond donors (Lipinski definition) is 3. The number of anilines is 2. The maximum absolute atomic E-state index is 9.29. The third-order valence-corrected chi connectivity index (χ3v) is 3.99. The maximum atomic E-state index is 9.29. The van der Waals surface area contributed by atoms with Crippen LogP contribution in [-0.4, -0.2) is 12.2 Å². The lowest BCUT2D eigenvalue weighted by molar-refractivity contribution is 0.417. The van der Waals surface area contributed by atoms with Gasteiger partial charge in [0.25, 0.3) is 0 Å². The van der Waals surface area contributed by atoms with Crippen LogP contribution >= 0.6 is 0 Å². The summed E-state index contributed by atoms with van der Waals surface area (Å²) in [5.41, 5.74) is 12.4. The van der Waals surface area contributed by atoms with E-state index in [0.29, 0.717) is 11.4 Å². The Morgan fingerprint density at radius 3 is 1.64 bits per heavy atom. The van der Waals surface area contributed by atoms with Gasteiger partial charge in [-0.2, -0.15) is 0 Å². The highest BCUT2D eigenvalue weighted by molar-refractivity contribution is 5.88. The highest BCUT2D eigenvalue weighted by atomic mass is 16.5. The van der Waals surface area contributed by atoms with E-state index in [2.05, 4.69) is 0 Å². The van der Waals surface area contributed by atoms with Gasteiger partial charge in [0.05, 0.1) is 18.5 Å². The van der Waals surface area contributed by atoms with Crippen LogP contribution in [0.3, 0.4) is 0 Å². The SMILES string of the molecule is COc1cc2ccccc2cc1N.Nc1cc2ccccc2cc1O. The molecule has 4 rings (SSSR count). The Labute approximate surface area is 146 Å². The zero-order valence-corrected chi connectivity index (χ0v) is 13.9. The third kappa shape index (κ3) is 3.58. The van der Waals surface area contributed by atoms with E-state index in [9.17, 15) is 5.11 Å². The second-order valence-electron chi connectivity index (χ2n) is 5.70. The number of aromatic hydroxyl groups is 1. The lowest BCUT2D eigenvalue weighted by Crippen LogP contribution is -1.91. The molecule has 0 radical (unpaired) electrons. The standard InChI is InChI=1S/C11H11NO.C10H9NO/c1-13-11-7-9-5-3-2-4-8(9)6-10(11)12;11-9-5-7-3-1-2-4-8(7)6-10(9)12/h2-7H,12H2,1H3;1-6,12H,11H2. The number of fused-ring (bicyclic) bond motifs is 2. The van der Waals surface area contributed by atoms with E-state index in [0.717, 1.165) is 27.3 Å². The van der Waals surface area contributed by atoms with Gasteiger partial charge < -0.3 is 21.3 Å². The molecule has 0 bridgehead atoms. The van der Waals surface area contributed by atoms with Crippen LogP contribution in [0.5, 0.6) is 11.5 Å². The smallest absolute Gasteiger partial charge is 0.142 e. The van der Waals surface area contributed by atoms with Gasteiger partial charge in [0.1, 0.15) is 11.5 Å². The van der Waals surface area contributed by atoms with Gasteiger partial charge in [0.15, 0.2) is 0 Å². The van der Waals surface area contributed by atoms with E-state index >= 15 is 0 Å². The molecule has 4 aromatic rings. The molecule has 4 aromatic carbocycles. The molecular weight excluding hydrogens is 312 g/mol. The number of nitrogen functional groups attached to an aromatic ring is 2. The number of phenolic OH excluding ortho intramolecular Hbond substituents is 1. The fraction of sp³-hybridized carbons (Fsp3) is 0.0476. The molecule has 0 amide bonds. The van der Waals surface area contributed by atoms with Gasteiger partial charge in [-0.3, -0.25) is 0 Å². The van der Waals surface area contributed by atoms with Crippen LogP contribution in [0.4, 0.5) is 11.4 Å². The Kier molecular flexibility index (Phi) is 4.61. The molecule has 0 spiro atoms. The third-order valence-electron chi connectivity index (χ3n) is 3.99. The molecule has 5 N–H and O–H groups in total. The van der Waals surface area contributed by atoms with Crippen molar-refractivity contribution in [2.24, 2.45) is 0 Å². The van der Waals surface area contributed by atoms with E-state index < -0.39 is 0 Å². The lowest BCUT2D eigenvalue weighted by Gasteiger charge is -2.05. The van der Waals surface area contributed by atoms with Crippen molar-refractivity contribution >= 4 is 32.9 Å². The molecule has 0 unspecified atom stereocenters. The van der Waals surface area contributed by atoms with E-state index in [1.807, 2.05) is 60.7 Å². The average molecular weight is 332 g/mol. The normalized spacial score (nSPS) is 10.3. The second-order valence-corrected chi connectivity index (χ2v) is 5.70. The van der Waals surface area contributed by atoms with Crippen LogP contribution in [0.15, 0.2) is 72.8 Å². The van der Waals surface area contributed by atoms with Crippen molar-refractivity contribution in [1.82, 2.24) is 0 Å². The molecule has 0 aliphatic carbocycles. The fourth-order valence-corrected chi connectivity index (χ4v) is 2.66. The van der Waals surface area contributed by atoms with Crippen molar-refractivity contribution < 1.29 is 9.84 Å². The molecule has 0 aromatic heterocycles. The van der Waals surface area contributed by atoms with Crippen molar-refractivity contribution in [2.75, 3.05) is 18.6 Å². The van der Waals surface area contributed by atoms with Crippen molar-refractivity contribution in [3.63, 3.8) is 0 Å². The Morgan fingerprint density at radius 2 is 1.12 bits per heavy atom. The van der Waals surface area contributed by atoms with Gasteiger partial charge in [0.2, 0.25) is 0 Å².